The number of halogens is 4. The maximum Gasteiger partial charge on any atom is 0.253 e. The van der Waals surface area contributed by atoms with E-state index in [1.807, 2.05) is 5.38 Å². The van der Waals surface area contributed by atoms with E-state index in [0.29, 0.717) is 11.0 Å². The third-order valence-corrected chi connectivity index (χ3v) is 8.71. The van der Waals surface area contributed by atoms with Crippen molar-refractivity contribution in [3.8, 4) is 5.88 Å². The molecule has 4 aromatic rings. The van der Waals surface area contributed by atoms with Crippen LogP contribution in [-0.2, 0) is 12.1 Å². The van der Waals surface area contributed by atoms with Crippen LogP contribution < -0.4 is 15.8 Å². The predicted molar refractivity (Wildman–Crippen MR) is 137 cm³/mol. The van der Waals surface area contributed by atoms with Gasteiger partial charge in [0.05, 0.1) is 33.2 Å². The van der Waals surface area contributed by atoms with Crippen LogP contribution in [0.4, 0.5) is 29.1 Å². The lowest BCUT2D eigenvalue weighted by Gasteiger charge is -2.34. The number of nitrogens with zero attached hydrogens (tertiary/aromatic N) is 5. The number of thioether (sulfide) groups is 1. The van der Waals surface area contributed by atoms with E-state index in [1.165, 1.54) is 36.7 Å². The summed E-state index contributed by atoms with van der Waals surface area (Å²) in [5.74, 6) is -2.52. The van der Waals surface area contributed by atoms with Gasteiger partial charge in [-0.15, -0.1) is 11.3 Å². The van der Waals surface area contributed by atoms with Crippen molar-refractivity contribution in [2.75, 3.05) is 5.32 Å². The van der Waals surface area contributed by atoms with E-state index >= 15 is 4.39 Å². The first kappa shape index (κ1) is 24.8. The Labute approximate surface area is 221 Å². The van der Waals surface area contributed by atoms with Gasteiger partial charge in [0.25, 0.3) is 6.43 Å². The highest BCUT2D eigenvalue weighted by Gasteiger charge is 2.71. The normalized spacial score (nSPS) is 24.3. The first-order chi connectivity index (χ1) is 18.2. The Balaban J connectivity index is 1.32. The number of hydrogen-bond donors (Lipinski definition) is 2. The number of pyridine rings is 1. The van der Waals surface area contributed by atoms with E-state index in [1.54, 1.807) is 11.6 Å². The molecule has 1 fully saturated rings. The monoisotopic (exact) mass is 561 g/mol. The summed E-state index contributed by atoms with van der Waals surface area (Å²) in [6, 6.07) is 3.94. The van der Waals surface area contributed by atoms with Gasteiger partial charge in [-0.25, -0.2) is 37.5 Å². The van der Waals surface area contributed by atoms with Crippen molar-refractivity contribution in [2.45, 2.75) is 36.7 Å². The van der Waals surface area contributed by atoms with E-state index in [9.17, 15) is 13.2 Å². The molecular weight excluding hydrogens is 542 g/mol. The molecule has 6 rings (SSSR count). The van der Waals surface area contributed by atoms with Crippen LogP contribution in [0.15, 0.2) is 46.5 Å². The lowest BCUT2D eigenvalue weighted by molar-refractivity contribution is 0.123. The zero-order valence-electron chi connectivity index (χ0n) is 19.7. The van der Waals surface area contributed by atoms with Crippen molar-refractivity contribution >= 4 is 50.8 Å². The Morgan fingerprint density at radius 3 is 2.84 bits per heavy atom. The van der Waals surface area contributed by atoms with Gasteiger partial charge in [0.15, 0.2) is 22.6 Å². The zero-order chi connectivity index (χ0) is 26.7. The zero-order valence-corrected chi connectivity index (χ0v) is 21.3. The SMILES string of the molecule is C[C@@]1(c2cc(Nc3nccc4nc(OCc5cscn5)cnc34)cc(F)c2F)N=C(N)S[C@@]2(C(F)F)C[C@@H]12. The molecule has 3 atom stereocenters. The fourth-order valence-electron chi connectivity index (χ4n) is 4.82. The molecule has 196 valence electrons. The van der Waals surface area contributed by atoms with Crippen LogP contribution in [0.3, 0.4) is 0 Å². The maximum atomic E-state index is 15.1. The molecule has 14 heteroatoms. The van der Waals surface area contributed by atoms with E-state index in [2.05, 4.69) is 30.2 Å². The Bertz CT molecular complexity index is 1570. The van der Waals surface area contributed by atoms with Crippen LogP contribution in [0.25, 0.3) is 11.0 Å². The van der Waals surface area contributed by atoms with Gasteiger partial charge in [-0.05, 0) is 25.5 Å². The summed E-state index contributed by atoms with van der Waals surface area (Å²) in [5.41, 5.74) is 7.65. The van der Waals surface area contributed by atoms with Gasteiger partial charge < -0.3 is 15.8 Å². The van der Waals surface area contributed by atoms with Crippen molar-refractivity contribution < 1.29 is 22.3 Å². The number of hydrogen-bond acceptors (Lipinski definition) is 10. The minimum Gasteiger partial charge on any atom is -0.470 e. The van der Waals surface area contributed by atoms with Crippen LogP contribution in [0, 0.1) is 17.6 Å². The number of fused-ring (bicyclic) bond motifs is 2. The van der Waals surface area contributed by atoms with Gasteiger partial charge in [0.2, 0.25) is 5.88 Å². The highest BCUT2D eigenvalue weighted by atomic mass is 32.2. The second-order valence-electron chi connectivity index (χ2n) is 9.16. The number of aromatic nitrogens is 4. The molecular formula is C24H19F4N7OS2. The highest BCUT2D eigenvalue weighted by Crippen LogP contribution is 2.68. The average molecular weight is 562 g/mol. The molecule has 1 aliphatic carbocycles. The van der Waals surface area contributed by atoms with Gasteiger partial charge in [-0.2, -0.15) is 0 Å². The molecule has 4 heterocycles. The number of rotatable bonds is 7. The van der Waals surface area contributed by atoms with Crippen LogP contribution >= 0.6 is 23.1 Å². The molecule has 0 amide bonds. The van der Waals surface area contributed by atoms with Crippen LogP contribution in [0.2, 0.25) is 0 Å². The Morgan fingerprint density at radius 1 is 1.24 bits per heavy atom. The summed E-state index contributed by atoms with van der Waals surface area (Å²) in [6.45, 7) is 1.74. The third-order valence-electron chi connectivity index (χ3n) is 6.76. The number of nitrogens with two attached hydrogens (primary N) is 1. The predicted octanol–water partition coefficient (Wildman–Crippen LogP) is 5.38. The molecule has 0 spiro atoms. The van der Waals surface area contributed by atoms with E-state index in [0.717, 1.165) is 23.5 Å². The number of ether oxygens (including phenoxy) is 1. The second-order valence-corrected chi connectivity index (χ2v) is 11.3. The topological polar surface area (TPSA) is 111 Å². The molecule has 0 bridgehead atoms. The summed E-state index contributed by atoms with van der Waals surface area (Å²) >= 11 is 2.25. The summed E-state index contributed by atoms with van der Waals surface area (Å²) < 4.78 is 61.9. The molecule has 3 N–H and O–H groups in total. The highest BCUT2D eigenvalue weighted by molar-refractivity contribution is 8.15. The number of thiazole rings is 1. The molecule has 1 saturated carbocycles. The first-order valence-electron chi connectivity index (χ1n) is 11.4. The quantitative estimate of drug-likeness (QED) is 0.289. The average Bonchev–Trinajstić information content (AvgIpc) is 3.42. The Hall–Kier alpha value is -3.52. The molecule has 38 heavy (non-hydrogen) atoms. The summed E-state index contributed by atoms with van der Waals surface area (Å²) in [6.07, 6.45) is 0.306. The van der Waals surface area contributed by atoms with Crippen LogP contribution in [0.5, 0.6) is 5.88 Å². The van der Waals surface area contributed by atoms with Crippen molar-refractivity contribution in [1.82, 2.24) is 19.9 Å². The van der Waals surface area contributed by atoms with Crippen molar-refractivity contribution in [1.29, 1.82) is 0 Å². The first-order valence-corrected chi connectivity index (χ1v) is 13.2. The minimum absolute atomic E-state index is 0.0847. The molecule has 2 aliphatic rings. The molecule has 1 aliphatic heterocycles. The smallest absolute Gasteiger partial charge is 0.253 e. The number of aliphatic imine (C=N–C) groups is 1. The standard InChI is InChI=1S/C24H19F4N7OS2/c1-23(16-6-24(16,21(27)28)38-22(29)35-23)13-4-11(5-14(25)18(13)26)33-20-19-15(2-3-30-20)34-17(7-31-19)36-8-12-9-37-10-32-12/h2-5,7,9-10,16,21H,6,8H2,1H3,(H2,29,35)(H,30,33)/t16-,23-,24-/m0/s1. The second kappa shape index (κ2) is 9.05. The molecule has 8 nitrogen and oxygen atoms in total. The molecule has 0 radical (unpaired) electrons. The van der Waals surface area contributed by atoms with Gasteiger partial charge >= 0.3 is 0 Å². The summed E-state index contributed by atoms with van der Waals surface area (Å²) in [7, 11) is 0. The Morgan fingerprint density at radius 2 is 2.08 bits per heavy atom. The molecule has 0 unspecified atom stereocenters. The molecule has 3 aromatic heterocycles. The summed E-state index contributed by atoms with van der Waals surface area (Å²) in [4.78, 5) is 21.5. The lowest BCUT2D eigenvalue weighted by atomic mass is 9.85. The molecule has 0 saturated heterocycles. The van der Waals surface area contributed by atoms with Crippen molar-refractivity contribution in [3.63, 3.8) is 0 Å². The van der Waals surface area contributed by atoms with Gasteiger partial charge in [-0.3, -0.25) is 4.99 Å². The lowest BCUT2D eigenvalue weighted by Crippen LogP contribution is -2.39. The number of alkyl halides is 2. The van der Waals surface area contributed by atoms with Gasteiger partial charge in [0.1, 0.15) is 12.1 Å². The minimum atomic E-state index is -2.69. The van der Waals surface area contributed by atoms with Gasteiger partial charge in [0, 0.05) is 34.8 Å². The summed E-state index contributed by atoms with van der Waals surface area (Å²) in [5, 5.41) is 4.73. The fourth-order valence-corrected chi connectivity index (χ4v) is 6.70. The largest absolute Gasteiger partial charge is 0.470 e. The maximum absolute atomic E-state index is 15.1. The number of nitrogens with one attached hydrogen (secondary N) is 1. The van der Waals surface area contributed by atoms with Crippen LogP contribution in [-0.4, -0.2) is 36.3 Å². The fraction of sp³-hybridized carbons (Fsp3) is 0.292. The van der Waals surface area contributed by atoms with E-state index < -0.39 is 34.3 Å². The van der Waals surface area contributed by atoms with Crippen LogP contribution in [0.1, 0.15) is 24.6 Å². The molecule has 1 aromatic carbocycles. The van der Waals surface area contributed by atoms with Crippen molar-refractivity contribution in [2.24, 2.45) is 16.6 Å². The van der Waals surface area contributed by atoms with Crippen molar-refractivity contribution in [3.05, 3.63) is 64.4 Å². The third kappa shape index (κ3) is 4.11. The Kier molecular flexibility index (Phi) is 5.90. The van der Waals surface area contributed by atoms with Gasteiger partial charge in [-0.1, -0.05) is 11.8 Å². The van der Waals surface area contributed by atoms with E-state index in [-0.39, 0.29) is 41.1 Å². The van der Waals surface area contributed by atoms with E-state index in [4.69, 9.17) is 10.5 Å². The number of amidine groups is 1. The number of anilines is 2. The number of benzene rings is 1.